The number of rotatable bonds is 4. The molecule has 1 N–H and O–H groups in total. The van der Waals surface area contributed by atoms with E-state index in [9.17, 15) is 5.11 Å². The smallest absolute Gasteiger partial charge is 0.0862 e. The molecule has 0 fully saturated rings. The van der Waals surface area contributed by atoms with Crippen LogP contribution in [0.4, 0.5) is 0 Å². The van der Waals surface area contributed by atoms with Gasteiger partial charge in [0.25, 0.3) is 0 Å². The zero-order valence-electron chi connectivity index (χ0n) is 11.7. The van der Waals surface area contributed by atoms with Crippen LogP contribution in [0.25, 0.3) is 0 Å². The lowest BCUT2D eigenvalue weighted by molar-refractivity contribution is 0.176. The van der Waals surface area contributed by atoms with Crippen LogP contribution in [-0.2, 0) is 12.8 Å². The highest BCUT2D eigenvalue weighted by Crippen LogP contribution is 2.20. The van der Waals surface area contributed by atoms with E-state index in [4.69, 9.17) is 0 Å². The molecule has 0 saturated heterocycles. The number of hydrogen-bond donors (Lipinski definition) is 1. The SMILES string of the molecule is CCc1ccc(CC(O)c2ccc(C)nc2C)nc1. The van der Waals surface area contributed by atoms with Crippen molar-refractivity contribution in [3.63, 3.8) is 0 Å². The van der Waals surface area contributed by atoms with Gasteiger partial charge in [-0.05, 0) is 38.0 Å². The molecule has 3 nitrogen and oxygen atoms in total. The minimum atomic E-state index is -0.548. The number of hydrogen-bond acceptors (Lipinski definition) is 3. The number of aliphatic hydroxyl groups is 1. The van der Waals surface area contributed by atoms with Crippen LogP contribution >= 0.6 is 0 Å². The molecule has 1 atom stereocenters. The lowest BCUT2D eigenvalue weighted by Gasteiger charge is -2.13. The molecule has 100 valence electrons. The highest BCUT2D eigenvalue weighted by atomic mass is 16.3. The van der Waals surface area contributed by atoms with Gasteiger partial charge >= 0.3 is 0 Å². The first-order valence-electron chi connectivity index (χ1n) is 6.66. The van der Waals surface area contributed by atoms with E-state index in [0.29, 0.717) is 6.42 Å². The van der Waals surface area contributed by atoms with Crippen molar-refractivity contribution in [2.75, 3.05) is 0 Å². The lowest BCUT2D eigenvalue weighted by Crippen LogP contribution is -2.07. The van der Waals surface area contributed by atoms with Crippen LogP contribution in [0, 0.1) is 13.8 Å². The van der Waals surface area contributed by atoms with Crippen LogP contribution in [0.5, 0.6) is 0 Å². The van der Waals surface area contributed by atoms with E-state index < -0.39 is 6.10 Å². The van der Waals surface area contributed by atoms with Crippen LogP contribution in [0.15, 0.2) is 30.5 Å². The standard InChI is InChI=1S/C16H20N2O/c1-4-13-6-7-14(17-10-13)9-16(19)15-8-5-11(2)18-12(15)3/h5-8,10,16,19H,4,9H2,1-3H3. The molecular formula is C16H20N2O. The Labute approximate surface area is 114 Å². The minimum absolute atomic E-state index is 0.523. The fourth-order valence-electron chi connectivity index (χ4n) is 2.14. The van der Waals surface area contributed by atoms with Crippen LogP contribution in [0.1, 0.15) is 41.2 Å². The first-order valence-corrected chi connectivity index (χ1v) is 6.66. The largest absolute Gasteiger partial charge is 0.388 e. The number of aliphatic hydroxyl groups excluding tert-OH is 1. The van der Waals surface area contributed by atoms with Gasteiger partial charge in [0, 0.05) is 35.3 Å². The third-order valence-corrected chi connectivity index (χ3v) is 3.32. The maximum Gasteiger partial charge on any atom is 0.0862 e. The fraction of sp³-hybridized carbons (Fsp3) is 0.375. The predicted molar refractivity (Wildman–Crippen MR) is 76.0 cm³/mol. The maximum absolute atomic E-state index is 10.3. The number of pyridine rings is 2. The molecule has 3 heteroatoms. The monoisotopic (exact) mass is 256 g/mol. The molecule has 0 bridgehead atoms. The summed E-state index contributed by atoms with van der Waals surface area (Å²) in [5, 5.41) is 10.3. The van der Waals surface area contributed by atoms with E-state index >= 15 is 0 Å². The van der Waals surface area contributed by atoms with Gasteiger partial charge in [0.1, 0.15) is 0 Å². The second kappa shape index (κ2) is 5.93. The maximum atomic E-state index is 10.3. The van der Waals surface area contributed by atoms with Gasteiger partial charge in [-0.15, -0.1) is 0 Å². The average Bonchev–Trinajstić information content (AvgIpc) is 2.39. The molecule has 0 radical (unpaired) electrons. The van der Waals surface area contributed by atoms with E-state index in [0.717, 1.165) is 29.1 Å². The van der Waals surface area contributed by atoms with E-state index in [1.165, 1.54) is 5.56 Å². The third-order valence-electron chi connectivity index (χ3n) is 3.32. The van der Waals surface area contributed by atoms with Crippen LogP contribution < -0.4 is 0 Å². The molecule has 1 unspecified atom stereocenters. The summed E-state index contributed by atoms with van der Waals surface area (Å²) in [5.74, 6) is 0. The minimum Gasteiger partial charge on any atom is -0.388 e. The Kier molecular flexibility index (Phi) is 4.27. The number of nitrogens with zero attached hydrogens (tertiary/aromatic N) is 2. The van der Waals surface area contributed by atoms with Gasteiger partial charge in [-0.2, -0.15) is 0 Å². The highest BCUT2D eigenvalue weighted by Gasteiger charge is 2.12. The van der Waals surface area contributed by atoms with Crippen molar-refractivity contribution < 1.29 is 5.11 Å². The number of aryl methyl sites for hydroxylation is 3. The fourth-order valence-corrected chi connectivity index (χ4v) is 2.14. The van der Waals surface area contributed by atoms with Gasteiger partial charge in [0.05, 0.1) is 6.10 Å². The zero-order valence-corrected chi connectivity index (χ0v) is 11.7. The Bertz CT molecular complexity index is 549. The Balaban J connectivity index is 2.13. The molecule has 2 rings (SSSR count). The predicted octanol–water partition coefficient (Wildman–Crippen LogP) is 2.93. The summed E-state index contributed by atoms with van der Waals surface area (Å²) in [7, 11) is 0. The summed E-state index contributed by atoms with van der Waals surface area (Å²) in [5.41, 5.74) is 4.86. The molecule has 2 aromatic heterocycles. The van der Waals surface area contributed by atoms with E-state index in [1.54, 1.807) is 0 Å². The molecule has 19 heavy (non-hydrogen) atoms. The normalized spacial score (nSPS) is 12.4. The number of aromatic nitrogens is 2. The first kappa shape index (κ1) is 13.7. The van der Waals surface area contributed by atoms with Gasteiger partial charge in [0.15, 0.2) is 0 Å². The zero-order chi connectivity index (χ0) is 13.8. The Morgan fingerprint density at radius 3 is 2.53 bits per heavy atom. The summed E-state index contributed by atoms with van der Waals surface area (Å²) in [6, 6.07) is 7.93. The molecule has 0 aromatic carbocycles. The van der Waals surface area contributed by atoms with Gasteiger partial charge in [-0.25, -0.2) is 0 Å². The molecule has 2 aromatic rings. The molecule has 2 heterocycles. The van der Waals surface area contributed by atoms with Crippen LogP contribution in [-0.4, -0.2) is 15.1 Å². The summed E-state index contributed by atoms with van der Waals surface area (Å²) in [4.78, 5) is 8.77. The summed E-state index contributed by atoms with van der Waals surface area (Å²) in [6.07, 6.45) is 2.84. The second-order valence-corrected chi connectivity index (χ2v) is 4.86. The van der Waals surface area contributed by atoms with Gasteiger partial charge in [-0.1, -0.05) is 19.1 Å². The van der Waals surface area contributed by atoms with E-state index in [2.05, 4.69) is 23.0 Å². The van der Waals surface area contributed by atoms with Crippen molar-refractivity contribution in [2.45, 2.75) is 39.7 Å². The Hall–Kier alpha value is -1.74. The van der Waals surface area contributed by atoms with Crippen molar-refractivity contribution in [1.82, 2.24) is 9.97 Å². The molecule has 0 amide bonds. The highest BCUT2D eigenvalue weighted by molar-refractivity contribution is 5.25. The topological polar surface area (TPSA) is 46.0 Å². The van der Waals surface area contributed by atoms with Gasteiger partial charge in [-0.3, -0.25) is 9.97 Å². The summed E-state index contributed by atoms with van der Waals surface area (Å²) in [6.45, 7) is 5.99. The average molecular weight is 256 g/mol. The Morgan fingerprint density at radius 2 is 1.95 bits per heavy atom. The first-order chi connectivity index (χ1) is 9.10. The molecule has 0 aliphatic rings. The van der Waals surface area contributed by atoms with Gasteiger partial charge in [0.2, 0.25) is 0 Å². The van der Waals surface area contributed by atoms with Crippen LogP contribution in [0.2, 0.25) is 0 Å². The van der Waals surface area contributed by atoms with Crippen LogP contribution in [0.3, 0.4) is 0 Å². The van der Waals surface area contributed by atoms with Crippen molar-refractivity contribution in [2.24, 2.45) is 0 Å². The lowest BCUT2D eigenvalue weighted by atomic mass is 10.0. The van der Waals surface area contributed by atoms with E-state index in [1.807, 2.05) is 38.2 Å². The second-order valence-electron chi connectivity index (χ2n) is 4.86. The summed E-state index contributed by atoms with van der Waals surface area (Å²) >= 11 is 0. The molecule has 0 spiro atoms. The van der Waals surface area contributed by atoms with Crippen molar-refractivity contribution in [3.8, 4) is 0 Å². The van der Waals surface area contributed by atoms with Crippen molar-refractivity contribution in [1.29, 1.82) is 0 Å². The van der Waals surface area contributed by atoms with Gasteiger partial charge < -0.3 is 5.11 Å². The molecule has 0 aliphatic heterocycles. The Morgan fingerprint density at radius 1 is 1.16 bits per heavy atom. The molecule has 0 aliphatic carbocycles. The molecule has 0 saturated carbocycles. The quantitative estimate of drug-likeness (QED) is 0.914. The van der Waals surface area contributed by atoms with Crippen molar-refractivity contribution >= 4 is 0 Å². The molecular weight excluding hydrogens is 236 g/mol. The third kappa shape index (κ3) is 3.38. The van der Waals surface area contributed by atoms with Crippen molar-refractivity contribution in [3.05, 3.63) is 58.7 Å². The van der Waals surface area contributed by atoms with E-state index in [-0.39, 0.29) is 0 Å². The summed E-state index contributed by atoms with van der Waals surface area (Å²) < 4.78 is 0.